The van der Waals surface area contributed by atoms with Crippen molar-refractivity contribution in [3.05, 3.63) is 29.6 Å². The van der Waals surface area contributed by atoms with Gasteiger partial charge in [-0.25, -0.2) is 0 Å². The molecule has 2 rings (SSSR count). The van der Waals surface area contributed by atoms with Crippen molar-refractivity contribution in [1.29, 1.82) is 0 Å². The van der Waals surface area contributed by atoms with Gasteiger partial charge in [-0.1, -0.05) is 33.3 Å². The molecular weight excluding hydrogens is 246 g/mol. The molecule has 1 fully saturated rings. The molecule has 3 heteroatoms. The second-order valence-corrected chi connectivity index (χ2v) is 6.33. The van der Waals surface area contributed by atoms with Crippen LogP contribution in [0.1, 0.15) is 51.4 Å². The van der Waals surface area contributed by atoms with Crippen molar-refractivity contribution in [2.24, 2.45) is 5.92 Å². The molecule has 1 unspecified atom stereocenters. The van der Waals surface area contributed by atoms with E-state index in [0.717, 1.165) is 24.7 Å². The number of aromatic nitrogens is 1. The zero-order valence-corrected chi connectivity index (χ0v) is 13.2. The number of nitrogens with one attached hydrogen (secondary N) is 1. The molecule has 1 atom stereocenters. The Kier molecular flexibility index (Phi) is 5.99. The first-order valence-corrected chi connectivity index (χ1v) is 8.08. The highest BCUT2D eigenvalue weighted by Crippen LogP contribution is 2.22. The molecule has 0 radical (unpaired) electrons. The standard InChI is InChI=1S/C17H29N3/c1-4-6-15-9-10-20(12-15)13-17-8-5-7-16(19-17)11-18-14(2)3/h5,7-8,14-15,18H,4,6,9-13H2,1-3H3. The van der Waals surface area contributed by atoms with Gasteiger partial charge in [0.15, 0.2) is 0 Å². The number of hydrogen-bond donors (Lipinski definition) is 1. The molecule has 0 amide bonds. The van der Waals surface area contributed by atoms with Gasteiger partial charge in [0, 0.05) is 25.7 Å². The third-order valence-corrected chi connectivity index (χ3v) is 4.01. The number of nitrogens with zero attached hydrogens (tertiary/aromatic N) is 2. The van der Waals surface area contributed by atoms with Crippen LogP contribution in [0.2, 0.25) is 0 Å². The highest BCUT2D eigenvalue weighted by atomic mass is 15.1. The van der Waals surface area contributed by atoms with Gasteiger partial charge in [-0.3, -0.25) is 9.88 Å². The van der Waals surface area contributed by atoms with Crippen LogP contribution in [-0.4, -0.2) is 29.0 Å². The Labute approximate surface area is 123 Å². The molecule has 0 aromatic carbocycles. The summed E-state index contributed by atoms with van der Waals surface area (Å²) in [7, 11) is 0. The lowest BCUT2D eigenvalue weighted by atomic mass is 10.0. The Morgan fingerprint density at radius 3 is 2.90 bits per heavy atom. The van der Waals surface area contributed by atoms with Crippen LogP contribution in [0, 0.1) is 5.92 Å². The van der Waals surface area contributed by atoms with Crippen LogP contribution in [0.15, 0.2) is 18.2 Å². The third kappa shape index (κ3) is 4.88. The van der Waals surface area contributed by atoms with Crippen LogP contribution in [0.4, 0.5) is 0 Å². The second kappa shape index (κ2) is 7.75. The summed E-state index contributed by atoms with van der Waals surface area (Å²) in [4.78, 5) is 7.33. The monoisotopic (exact) mass is 275 g/mol. The van der Waals surface area contributed by atoms with Gasteiger partial charge < -0.3 is 5.32 Å². The van der Waals surface area contributed by atoms with E-state index in [0.29, 0.717) is 6.04 Å². The minimum Gasteiger partial charge on any atom is -0.309 e. The van der Waals surface area contributed by atoms with Crippen LogP contribution >= 0.6 is 0 Å². The molecule has 0 saturated carbocycles. The van der Waals surface area contributed by atoms with Gasteiger partial charge in [-0.15, -0.1) is 0 Å². The van der Waals surface area contributed by atoms with Gasteiger partial charge in [-0.2, -0.15) is 0 Å². The lowest BCUT2D eigenvalue weighted by molar-refractivity contribution is 0.309. The average Bonchev–Trinajstić information content (AvgIpc) is 2.85. The molecule has 20 heavy (non-hydrogen) atoms. The van der Waals surface area contributed by atoms with E-state index in [1.54, 1.807) is 0 Å². The Balaban J connectivity index is 1.85. The fraction of sp³-hybridized carbons (Fsp3) is 0.706. The highest BCUT2D eigenvalue weighted by Gasteiger charge is 2.21. The molecule has 3 nitrogen and oxygen atoms in total. The van der Waals surface area contributed by atoms with E-state index in [4.69, 9.17) is 4.98 Å². The summed E-state index contributed by atoms with van der Waals surface area (Å²) in [5, 5.41) is 3.43. The fourth-order valence-electron chi connectivity index (χ4n) is 2.95. The van der Waals surface area contributed by atoms with E-state index in [-0.39, 0.29) is 0 Å². The first kappa shape index (κ1) is 15.5. The normalized spacial score (nSPS) is 19.9. The topological polar surface area (TPSA) is 28.2 Å². The van der Waals surface area contributed by atoms with Gasteiger partial charge in [0.2, 0.25) is 0 Å². The molecule has 1 aromatic rings. The van der Waals surface area contributed by atoms with Gasteiger partial charge in [-0.05, 0) is 37.4 Å². The number of hydrogen-bond acceptors (Lipinski definition) is 3. The molecule has 0 aliphatic carbocycles. The summed E-state index contributed by atoms with van der Waals surface area (Å²) in [6.45, 7) is 11.0. The maximum absolute atomic E-state index is 4.78. The van der Waals surface area contributed by atoms with Crippen LogP contribution in [-0.2, 0) is 13.1 Å². The van der Waals surface area contributed by atoms with Crippen molar-refractivity contribution < 1.29 is 0 Å². The third-order valence-electron chi connectivity index (χ3n) is 4.01. The zero-order valence-electron chi connectivity index (χ0n) is 13.2. The molecule has 1 N–H and O–H groups in total. The SMILES string of the molecule is CCCC1CCN(Cc2cccc(CNC(C)C)n2)C1. The van der Waals surface area contributed by atoms with Crippen molar-refractivity contribution in [3.8, 4) is 0 Å². The van der Waals surface area contributed by atoms with Gasteiger partial charge in [0.25, 0.3) is 0 Å². The van der Waals surface area contributed by atoms with Crippen molar-refractivity contribution in [2.45, 2.75) is 59.2 Å². The smallest absolute Gasteiger partial charge is 0.0547 e. The first-order chi connectivity index (χ1) is 9.67. The van der Waals surface area contributed by atoms with Crippen molar-refractivity contribution in [1.82, 2.24) is 15.2 Å². The predicted octanol–water partition coefficient (Wildman–Crippen LogP) is 3.20. The van der Waals surface area contributed by atoms with Crippen LogP contribution in [0.5, 0.6) is 0 Å². The molecule has 2 heterocycles. The number of likely N-dealkylation sites (tertiary alicyclic amines) is 1. The van der Waals surface area contributed by atoms with Crippen molar-refractivity contribution in [2.75, 3.05) is 13.1 Å². The molecule has 112 valence electrons. The minimum absolute atomic E-state index is 0.508. The van der Waals surface area contributed by atoms with Crippen LogP contribution < -0.4 is 5.32 Å². The summed E-state index contributed by atoms with van der Waals surface area (Å²) in [5.41, 5.74) is 2.37. The Morgan fingerprint density at radius 2 is 2.15 bits per heavy atom. The largest absolute Gasteiger partial charge is 0.309 e. The van der Waals surface area contributed by atoms with E-state index < -0.39 is 0 Å². The van der Waals surface area contributed by atoms with E-state index in [1.165, 1.54) is 38.0 Å². The number of pyridine rings is 1. The van der Waals surface area contributed by atoms with E-state index in [2.05, 4.69) is 49.2 Å². The summed E-state index contributed by atoms with van der Waals surface area (Å²) >= 11 is 0. The van der Waals surface area contributed by atoms with Gasteiger partial charge >= 0.3 is 0 Å². The van der Waals surface area contributed by atoms with Gasteiger partial charge in [0.05, 0.1) is 11.4 Å². The lowest BCUT2D eigenvalue weighted by Gasteiger charge is -2.16. The molecule has 1 saturated heterocycles. The Morgan fingerprint density at radius 1 is 1.35 bits per heavy atom. The lowest BCUT2D eigenvalue weighted by Crippen LogP contribution is -2.23. The Bertz CT molecular complexity index is 403. The molecule has 1 aliphatic rings. The van der Waals surface area contributed by atoms with Crippen molar-refractivity contribution in [3.63, 3.8) is 0 Å². The quantitative estimate of drug-likeness (QED) is 0.828. The summed E-state index contributed by atoms with van der Waals surface area (Å²) < 4.78 is 0. The fourth-order valence-corrected chi connectivity index (χ4v) is 2.95. The summed E-state index contributed by atoms with van der Waals surface area (Å²) in [6.07, 6.45) is 4.05. The molecule has 1 aliphatic heterocycles. The van der Waals surface area contributed by atoms with Gasteiger partial charge in [0.1, 0.15) is 0 Å². The minimum atomic E-state index is 0.508. The summed E-state index contributed by atoms with van der Waals surface area (Å²) in [5.74, 6) is 0.908. The summed E-state index contributed by atoms with van der Waals surface area (Å²) in [6, 6.07) is 6.92. The second-order valence-electron chi connectivity index (χ2n) is 6.33. The first-order valence-electron chi connectivity index (χ1n) is 8.08. The average molecular weight is 275 g/mol. The van der Waals surface area contributed by atoms with E-state index in [1.807, 2.05) is 0 Å². The molecule has 0 spiro atoms. The van der Waals surface area contributed by atoms with Crippen molar-refractivity contribution >= 4 is 0 Å². The van der Waals surface area contributed by atoms with E-state index >= 15 is 0 Å². The highest BCUT2D eigenvalue weighted by molar-refractivity contribution is 5.11. The zero-order chi connectivity index (χ0) is 14.4. The maximum atomic E-state index is 4.78. The molecule has 0 bridgehead atoms. The maximum Gasteiger partial charge on any atom is 0.0547 e. The Hall–Kier alpha value is -0.930. The molecule has 1 aromatic heterocycles. The van der Waals surface area contributed by atoms with Crippen LogP contribution in [0.25, 0.3) is 0 Å². The van der Waals surface area contributed by atoms with Crippen LogP contribution in [0.3, 0.4) is 0 Å². The number of rotatable bonds is 7. The predicted molar refractivity (Wildman–Crippen MR) is 84.5 cm³/mol. The van der Waals surface area contributed by atoms with E-state index in [9.17, 15) is 0 Å². The molecular formula is C17H29N3.